The second-order valence-corrected chi connectivity index (χ2v) is 10.4. The number of allylic oxidation sites excluding steroid dienone is 1. The Kier molecular flexibility index (Phi) is 6.16. The van der Waals surface area contributed by atoms with Crippen molar-refractivity contribution in [1.29, 1.82) is 0 Å². The van der Waals surface area contributed by atoms with Crippen LogP contribution in [0.4, 0.5) is 16.2 Å². The van der Waals surface area contributed by atoms with Gasteiger partial charge in [0.2, 0.25) is 5.91 Å². The molecule has 176 valence electrons. The summed E-state index contributed by atoms with van der Waals surface area (Å²) in [4.78, 5) is 41.6. The highest BCUT2D eigenvalue weighted by molar-refractivity contribution is 8.18. The molecule has 2 aromatic carbocycles. The molecule has 0 spiro atoms. The second kappa shape index (κ2) is 8.80. The van der Waals surface area contributed by atoms with Crippen molar-refractivity contribution in [3.05, 3.63) is 69.6 Å². The van der Waals surface area contributed by atoms with Crippen molar-refractivity contribution in [2.24, 2.45) is 0 Å². The quantitative estimate of drug-likeness (QED) is 0.582. The van der Waals surface area contributed by atoms with Gasteiger partial charge in [-0.2, -0.15) is 0 Å². The third-order valence-corrected chi connectivity index (χ3v) is 7.28. The van der Waals surface area contributed by atoms with Crippen LogP contribution >= 0.6 is 11.8 Å². The predicted molar refractivity (Wildman–Crippen MR) is 140 cm³/mol. The maximum atomic E-state index is 13.0. The van der Waals surface area contributed by atoms with Gasteiger partial charge in [-0.15, -0.1) is 0 Å². The Bertz CT molecular complexity index is 1280. The summed E-state index contributed by atoms with van der Waals surface area (Å²) in [5.74, 6) is -0.859. The third kappa shape index (κ3) is 4.53. The molecule has 1 N–H and O–H groups in total. The zero-order valence-corrected chi connectivity index (χ0v) is 21.2. The number of benzene rings is 2. The van der Waals surface area contributed by atoms with Gasteiger partial charge in [0.1, 0.15) is 6.54 Å². The molecule has 4 rings (SSSR count). The van der Waals surface area contributed by atoms with E-state index in [9.17, 15) is 14.4 Å². The van der Waals surface area contributed by atoms with Crippen LogP contribution in [0.3, 0.4) is 0 Å². The molecule has 0 bridgehead atoms. The van der Waals surface area contributed by atoms with E-state index >= 15 is 0 Å². The number of hydrogen-bond acceptors (Lipinski definition) is 5. The van der Waals surface area contributed by atoms with Crippen LogP contribution in [-0.4, -0.2) is 41.1 Å². The number of rotatable bonds is 4. The molecule has 0 aromatic heterocycles. The first kappa shape index (κ1) is 23.8. The molecule has 2 aliphatic heterocycles. The lowest BCUT2D eigenvalue weighted by Gasteiger charge is -2.41. The number of amides is 3. The largest absolute Gasteiger partial charge is 0.365 e. The Balaban J connectivity index is 1.56. The van der Waals surface area contributed by atoms with Crippen molar-refractivity contribution < 1.29 is 14.4 Å². The summed E-state index contributed by atoms with van der Waals surface area (Å²) in [5.41, 5.74) is 6.87. The van der Waals surface area contributed by atoms with E-state index in [4.69, 9.17) is 0 Å². The summed E-state index contributed by atoms with van der Waals surface area (Å²) < 4.78 is 0. The summed E-state index contributed by atoms with van der Waals surface area (Å²) in [6.07, 6.45) is 3.99. The lowest BCUT2D eigenvalue weighted by atomic mass is 9.87. The fourth-order valence-electron chi connectivity index (χ4n) is 4.32. The SMILES string of the molecule is CC1=CC(C)(C)N(C)c2cc(C)c(/C=C3\SC(=O)N(CC(=O)Nc4cccc(C)c4)C3=O)cc21. The van der Waals surface area contributed by atoms with Gasteiger partial charge in [-0.25, -0.2) is 0 Å². The smallest absolute Gasteiger partial charge is 0.294 e. The first-order chi connectivity index (χ1) is 16.0. The van der Waals surface area contributed by atoms with Gasteiger partial charge in [-0.05, 0) is 99.0 Å². The maximum Gasteiger partial charge on any atom is 0.294 e. The third-order valence-electron chi connectivity index (χ3n) is 6.37. The van der Waals surface area contributed by atoms with Crippen LogP contribution in [0.5, 0.6) is 0 Å². The van der Waals surface area contributed by atoms with Crippen molar-refractivity contribution in [2.45, 2.75) is 40.2 Å². The summed E-state index contributed by atoms with van der Waals surface area (Å²) in [5, 5.41) is 2.31. The van der Waals surface area contributed by atoms with E-state index in [1.165, 1.54) is 5.57 Å². The Hall–Kier alpha value is -3.32. The summed E-state index contributed by atoms with van der Waals surface area (Å²) in [6, 6.07) is 11.6. The van der Waals surface area contributed by atoms with Crippen molar-refractivity contribution in [2.75, 3.05) is 23.8 Å². The maximum absolute atomic E-state index is 13.0. The molecular formula is C27H29N3O3S. The van der Waals surface area contributed by atoms with Crippen LogP contribution in [-0.2, 0) is 9.59 Å². The molecular weight excluding hydrogens is 446 g/mol. The van der Waals surface area contributed by atoms with Crippen molar-refractivity contribution >= 4 is 51.8 Å². The van der Waals surface area contributed by atoms with Gasteiger partial charge in [0, 0.05) is 24.0 Å². The zero-order chi connectivity index (χ0) is 24.8. The van der Waals surface area contributed by atoms with E-state index in [0.717, 1.165) is 44.6 Å². The Labute approximate surface area is 204 Å². The topological polar surface area (TPSA) is 69.7 Å². The van der Waals surface area contributed by atoms with E-state index < -0.39 is 17.1 Å². The Morgan fingerprint density at radius 2 is 1.85 bits per heavy atom. The molecule has 34 heavy (non-hydrogen) atoms. The first-order valence-corrected chi connectivity index (χ1v) is 12.0. The Morgan fingerprint density at radius 1 is 1.12 bits per heavy atom. The molecule has 2 aliphatic rings. The van der Waals surface area contributed by atoms with Crippen LogP contribution in [0.15, 0.2) is 47.4 Å². The van der Waals surface area contributed by atoms with E-state index in [2.05, 4.69) is 56.2 Å². The molecule has 0 radical (unpaired) electrons. The molecule has 2 heterocycles. The van der Waals surface area contributed by atoms with Crippen LogP contribution in [0.1, 0.15) is 43.0 Å². The van der Waals surface area contributed by atoms with Crippen LogP contribution in [0, 0.1) is 13.8 Å². The molecule has 1 fully saturated rings. The number of carbonyl (C=O) groups is 3. The van der Waals surface area contributed by atoms with E-state index in [0.29, 0.717) is 10.6 Å². The van der Waals surface area contributed by atoms with Gasteiger partial charge in [0.25, 0.3) is 11.1 Å². The predicted octanol–water partition coefficient (Wildman–Crippen LogP) is 5.61. The lowest BCUT2D eigenvalue weighted by Crippen LogP contribution is -2.42. The van der Waals surface area contributed by atoms with E-state index in [-0.39, 0.29) is 12.1 Å². The highest BCUT2D eigenvalue weighted by atomic mass is 32.2. The number of nitrogens with zero attached hydrogens (tertiary/aromatic N) is 2. The molecule has 2 aromatic rings. The van der Waals surface area contributed by atoms with Crippen molar-refractivity contribution in [3.63, 3.8) is 0 Å². The van der Waals surface area contributed by atoms with Gasteiger partial charge < -0.3 is 10.2 Å². The minimum absolute atomic E-state index is 0.0906. The number of thioether (sulfide) groups is 1. The zero-order valence-electron chi connectivity index (χ0n) is 20.4. The van der Waals surface area contributed by atoms with Crippen molar-refractivity contribution in [1.82, 2.24) is 4.90 Å². The number of anilines is 2. The van der Waals surface area contributed by atoms with Gasteiger partial charge >= 0.3 is 0 Å². The average Bonchev–Trinajstić information content (AvgIpc) is 3.00. The molecule has 1 saturated heterocycles. The molecule has 0 atom stereocenters. The molecule has 0 aliphatic carbocycles. The number of aryl methyl sites for hydroxylation is 2. The second-order valence-electron chi connectivity index (χ2n) is 9.45. The standard InChI is InChI=1S/C27H29N3O3S/c1-16-8-7-9-20(10-16)28-24(31)15-30-25(32)23(34-26(30)33)13-19-12-21-18(3)14-27(4,5)29(6)22(21)11-17(19)2/h7-14H,15H2,1-6H3,(H,28,31)/b23-13-. The first-order valence-electron chi connectivity index (χ1n) is 11.2. The monoisotopic (exact) mass is 475 g/mol. The number of fused-ring (bicyclic) bond motifs is 1. The van der Waals surface area contributed by atoms with E-state index in [1.807, 2.05) is 32.0 Å². The fourth-order valence-corrected chi connectivity index (χ4v) is 5.15. The van der Waals surface area contributed by atoms with Gasteiger partial charge in [0.05, 0.1) is 10.4 Å². The molecule has 0 saturated carbocycles. The number of likely N-dealkylation sites (N-methyl/N-ethyl adjacent to an activating group) is 1. The van der Waals surface area contributed by atoms with Gasteiger partial charge in [-0.3, -0.25) is 19.3 Å². The van der Waals surface area contributed by atoms with Crippen molar-refractivity contribution in [3.8, 4) is 0 Å². The molecule has 3 amide bonds. The van der Waals surface area contributed by atoms with Crippen LogP contribution < -0.4 is 10.2 Å². The summed E-state index contributed by atoms with van der Waals surface area (Å²) >= 11 is 0.868. The van der Waals surface area contributed by atoms with E-state index in [1.54, 1.807) is 12.1 Å². The molecule has 7 heteroatoms. The Morgan fingerprint density at radius 3 is 2.56 bits per heavy atom. The van der Waals surface area contributed by atoms with Crippen LogP contribution in [0.2, 0.25) is 0 Å². The fraction of sp³-hybridized carbons (Fsp3) is 0.296. The average molecular weight is 476 g/mol. The number of nitrogens with one attached hydrogen (secondary N) is 1. The number of imide groups is 1. The molecule has 6 nitrogen and oxygen atoms in total. The minimum Gasteiger partial charge on any atom is -0.365 e. The van der Waals surface area contributed by atoms with Gasteiger partial charge in [0.15, 0.2) is 0 Å². The highest BCUT2D eigenvalue weighted by Gasteiger charge is 2.36. The normalized spacial score (nSPS) is 18.3. The minimum atomic E-state index is -0.447. The van der Waals surface area contributed by atoms with Crippen LogP contribution in [0.25, 0.3) is 11.6 Å². The number of carbonyl (C=O) groups excluding carboxylic acids is 3. The summed E-state index contributed by atoms with van der Waals surface area (Å²) in [6.45, 7) is 10.0. The highest BCUT2D eigenvalue weighted by Crippen LogP contribution is 2.40. The molecule has 0 unspecified atom stereocenters. The van der Waals surface area contributed by atoms with Gasteiger partial charge in [-0.1, -0.05) is 18.2 Å². The number of hydrogen-bond donors (Lipinski definition) is 1. The lowest BCUT2D eigenvalue weighted by molar-refractivity contribution is -0.127. The summed E-state index contributed by atoms with van der Waals surface area (Å²) in [7, 11) is 2.08.